The maximum atomic E-state index is 11.8. The first-order valence-electron chi connectivity index (χ1n) is 5.93. The summed E-state index contributed by atoms with van der Waals surface area (Å²) in [6.45, 7) is 7.91. The average molecular weight is 347 g/mol. The summed E-state index contributed by atoms with van der Waals surface area (Å²) < 4.78 is 1.14. The quantitative estimate of drug-likeness (QED) is 0.633. The average Bonchev–Trinajstić information content (AvgIpc) is 2.35. The van der Waals surface area contributed by atoms with Crippen molar-refractivity contribution in [3.8, 4) is 0 Å². The van der Waals surface area contributed by atoms with E-state index in [1.54, 1.807) is 0 Å². The second-order valence-electron chi connectivity index (χ2n) is 3.79. The molecule has 0 aliphatic carbocycles. The molecule has 4 heteroatoms. The Morgan fingerprint density at radius 3 is 2.35 bits per heavy atom. The molecular formula is C13H19IN2O. The third-order valence-electron chi connectivity index (χ3n) is 2.71. The van der Waals surface area contributed by atoms with E-state index in [0.717, 1.165) is 28.8 Å². The molecule has 3 nitrogen and oxygen atoms in total. The molecule has 0 saturated heterocycles. The molecule has 0 fully saturated rings. The van der Waals surface area contributed by atoms with Crippen LogP contribution in [0, 0.1) is 3.57 Å². The van der Waals surface area contributed by atoms with E-state index in [2.05, 4.69) is 46.7 Å². The highest BCUT2D eigenvalue weighted by Gasteiger charge is 2.05. The van der Waals surface area contributed by atoms with Crippen LogP contribution in [0.1, 0.15) is 24.2 Å². The summed E-state index contributed by atoms with van der Waals surface area (Å²) in [4.78, 5) is 14.1. The first kappa shape index (κ1) is 14.4. The molecule has 94 valence electrons. The van der Waals surface area contributed by atoms with E-state index in [-0.39, 0.29) is 5.91 Å². The smallest absolute Gasteiger partial charge is 0.251 e. The number of amides is 1. The Labute approximate surface area is 117 Å². The Balaban J connectivity index is 2.37. The van der Waals surface area contributed by atoms with Crippen molar-refractivity contribution in [1.82, 2.24) is 10.2 Å². The van der Waals surface area contributed by atoms with Gasteiger partial charge in [-0.1, -0.05) is 13.8 Å². The third kappa shape index (κ3) is 5.04. The van der Waals surface area contributed by atoms with Gasteiger partial charge in [-0.05, 0) is 59.9 Å². The molecule has 0 bridgehead atoms. The highest BCUT2D eigenvalue weighted by molar-refractivity contribution is 14.1. The van der Waals surface area contributed by atoms with E-state index < -0.39 is 0 Å². The highest BCUT2D eigenvalue weighted by atomic mass is 127. The largest absolute Gasteiger partial charge is 0.351 e. The van der Waals surface area contributed by atoms with Crippen molar-refractivity contribution < 1.29 is 4.79 Å². The summed E-state index contributed by atoms with van der Waals surface area (Å²) >= 11 is 2.23. The minimum Gasteiger partial charge on any atom is -0.351 e. The standard InChI is InChI=1S/C13H19IN2O/c1-3-16(4-2)10-9-15-13(17)11-5-7-12(14)8-6-11/h5-8H,3-4,9-10H2,1-2H3,(H,15,17)/i10+1. The molecule has 0 aliphatic heterocycles. The van der Waals surface area contributed by atoms with Crippen molar-refractivity contribution in [2.45, 2.75) is 13.8 Å². The molecule has 0 atom stereocenters. The van der Waals surface area contributed by atoms with Crippen molar-refractivity contribution in [2.24, 2.45) is 0 Å². The van der Waals surface area contributed by atoms with Gasteiger partial charge in [0.05, 0.1) is 0 Å². The van der Waals surface area contributed by atoms with Gasteiger partial charge in [-0.25, -0.2) is 0 Å². The van der Waals surface area contributed by atoms with Crippen LogP contribution in [0.2, 0.25) is 0 Å². The lowest BCUT2D eigenvalue weighted by atomic mass is 10.2. The Bertz CT molecular complexity index is 347. The monoisotopic (exact) mass is 347 g/mol. The molecule has 0 saturated carbocycles. The number of nitrogens with one attached hydrogen (secondary N) is 1. The van der Waals surface area contributed by atoms with Gasteiger partial charge in [0.2, 0.25) is 0 Å². The molecule has 0 radical (unpaired) electrons. The van der Waals surface area contributed by atoms with Crippen LogP contribution in [0.5, 0.6) is 0 Å². The topological polar surface area (TPSA) is 32.3 Å². The molecule has 1 N–H and O–H groups in total. The molecule has 0 aliphatic rings. The van der Waals surface area contributed by atoms with Gasteiger partial charge in [0, 0.05) is 22.2 Å². The highest BCUT2D eigenvalue weighted by Crippen LogP contribution is 2.06. The van der Waals surface area contributed by atoms with E-state index in [1.165, 1.54) is 0 Å². The lowest BCUT2D eigenvalue weighted by Gasteiger charge is -2.17. The van der Waals surface area contributed by atoms with Crippen LogP contribution in [0.15, 0.2) is 24.3 Å². The number of halogens is 1. The number of rotatable bonds is 6. The molecule has 1 aromatic rings. The minimum atomic E-state index is 0.00792. The van der Waals surface area contributed by atoms with Gasteiger partial charge in [-0.3, -0.25) is 4.79 Å². The second kappa shape index (κ2) is 7.66. The van der Waals surface area contributed by atoms with Crippen molar-refractivity contribution >= 4 is 28.5 Å². The van der Waals surface area contributed by atoms with Gasteiger partial charge in [-0.15, -0.1) is 0 Å². The lowest BCUT2D eigenvalue weighted by molar-refractivity contribution is 0.0949. The zero-order valence-corrected chi connectivity index (χ0v) is 12.5. The fraction of sp³-hybridized carbons (Fsp3) is 0.462. The van der Waals surface area contributed by atoms with Gasteiger partial charge in [0.1, 0.15) is 0 Å². The molecule has 0 unspecified atom stereocenters. The van der Waals surface area contributed by atoms with Crippen molar-refractivity contribution in [2.75, 3.05) is 26.2 Å². The van der Waals surface area contributed by atoms with Gasteiger partial charge in [0.25, 0.3) is 5.91 Å². The third-order valence-corrected chi connectivity index (χ3v) is 3.43. The molecule has 1 rings (SSSR count). The fourth-order valence-electron chi connectivity index (χ4n) is 1.57. The van der Waals surface area contributed by atoms with Gasteiger partial charge < -0.3 is 10.2 Å². The minimum absolute atomic E-state index is 0.00792. The Morgan fingerprint density at radius 2 is 1.82 bits per heavy atom. The molecule has 0 heterocycles. The number of nitrogens with zero attached hydrogens (tertiary/aromatic N) is 1. The van der Waals surface area contributed by atoms with Crippen LogP contribution in [0.3, 0.4) is 0 Å². The van der Waals surface area contributed by atoms with Crippen molar-refractivity contribution in [3.05, 3.63) is 33.4 Å². The van der Waals surface area contributed by atoms with E-state index in [1.807, 2.05) is 24.3 Å². The SMILES string of the molecule is CCN(CC)[13CH2]CNC(=O)c1ccc(I)cc1. The van der Waals surface area contributed by atoms with Crippen LogP contribution in [-0.4, -0.2) is 37.0 Å². The maximum Gasteiger partial charge on any atom is 0.251 e. The number of carbonyl (C=O) groups is 1. The summed E-state index contributed by atoms with van der Waals surface area (Å²) in [5.41, 5.74) is 0.727. The van der Waals surface area contributed by atoms with Gasteiger partial charge in [0.15, 0.2) is 0 Å². The number of hydrogen-bond acceptors (Lipinski definition) is 2. The van der Waals surface area contributed by atoms with Gasteiger partial charge >= 0.3 is 0 Å². The predicted molar refractivity (Wildman–Crippen MR) is 79.3 cm³/mol. The summed E-state index contributed by atoms with van der Waals surface area (Å²) in [6.07, 6.45) is 0. The van der Waals surface area contributed by atoms with E-state index in [4.69, 9.17) is 0 Å². The van der Waals surface area contributed by atoms with E-state index in [9.17, 15) is 4.79 Å². The van der Waals surface area contributed by atoms with Crippen LogP contribution in [0.4, 0.5) is 0 Å². The first-order chi connectivity index (χ1) is 8.17. The molecule has 0 spiro atoms. The number of carbonyl (C=O) groups excluding carboxylic acids is 1. The fourth-order valence-corrected chi connectivity index (χ4v) is 1.93. The molecule has 1 aromatic carbocycles. The summed E-state index contributed by atoms with van der Waals surface area (Å²) in [5.74, 6) is 0.00792. The molecule has 17 heavy (non-hydrogen) atoms. The lowest BCUT2D eigenvalue weighted by Crippen LogP contribution is -2.34. The summed E-state index contributed by atoms with van der Waals surface area (Å²) in [6, 6.07) is 7.60. The van der Waals surface area contributed by atoms with E-state index in [0.29, 0.717) is 6.54 Å². The molecular weight excluding hydrogens is 328 g/mol. The molecule has 0 aromatic heterocycles. The Hall–Kier alpha value is -0.620. The zero-order chi connectivity index (χ0) is 12.7. The number of likely N-dealkylation sites (N-methyl/N-ethyl adjacent to an activating group) is 1. The van der Waals surface area contributed by atoms with Crippen LogP contribution in [0.25, 0.3) is 0 Å². The first-order valence-corrected chi connectivity index (χ1v) is 7.01. The summed E-state index contributed by atoms with van der Waals surface area (Å²) in [7, 11) is 0. The molecule has 1 amide bonds. The van der Waals surface area contributed by atoms with Crippen LogP contribution in [-0.2, 0) is 0 Å². The van der Waals surface area contributed by atoms with Crippen LogP contribution < -0.4 is 5.32 Å². The van der Waals surface area contributed by atoms with E-state index >= 15 is 0 Å². The normalized spacial score (nSPS) is 10.6. The zero-order valence-electron chi connectivity index (χ0n) is 10.4. The number of hydrogen-bond donors (Lipinski definition) is 1. The maximum absolute atomic E-state index is 11.8. The second-order valence-corrected chi connectivity index (χ2v) is 5.04. The number of benzene rings is 1. The summed E-state index contributed by atoms with van der Waals surface area (Å²) in [5, 5.41) is 2.93. The van der Waals surface area contributed by atoms with Gasteiger partial charge in [-0.2, -0.15) is 0 Å². The Kier molecular flexibility index (Phi) is 6.50. The predicted octanol–water partition coefficient (Wildman–Crippen LogP) is 2.36. The van der Waals surface area contributed by atoms with Crippen molar-refractivity contribution in [3.63, 3.8) is 0 Å². The van der Waals surface area contributed by atoms with Crippen LogP contribution >= 0.6 is 22.6 Å². The van der Waals surface area contributed by atoms with Crippen molar-refractivity contribution in [1.29, 1.82) is 0 Å². The Morgan fingerprint density at radius 1 is 1.24 bits per heavy atom.